The molecule has 29 heavy (non-hydrogen) atoms. The quantitative estimate of drug-likeness (QED) is 0.378. The standard InChI is InChI=1S/C21H24Br2N2O3S/c1-4-21(2,3)9-5-6-10-13(7-9)29-20-14(10)19(28)24-18(25-20)11-8-12(22)17(27)15(23)16(11)26/h8-9,18,25-27H,4-7H2,1-3H3,(H,24,28)/t9-,18-/m0/s1. The van der Waals surface area contributed by atoms with Crippen LogP contribution in [0.25, 0.3) is 0 Å². The van der Waals surface area contributed by atoms with Gasteiger partial charge in [-0.3, -0.25) is 4.79 Å². The number of phenolic OH excluding ortho intramolecular Hbond substituents is 2. The Morgan fingerprint density at radius 1 is 1.24 bits per heavy atom. The van der Waals surface area contributed by atoms with Crippen LogP contribution in [0.15, 0.2) is 15.0 Å². The molecule has 2 atom stereocenters. The Balaban J connectivity index is 1.68. The van der Waals surface area contributed by atoms with Crippen molar-refractivity contribution in [2.24, 2.45) is 11.3 Å². The third-order valence-electron chi connectivity index (χ3n) is 6.57. The van der Waals surface area contributed by atoms with E-state index in [1.165, 1.54) is 10.4 Å². The normalized spacial score (nSPS) is 21.2. The van der Waals surface area contributed by atoms with E-state index in [2.05, 4.69) is 63.3 Å². The lowest BCUT2D eigenvalue weighted by Crippen LogP contribution is -2.38. The third kappa shape index (κ3) is 3.47. The number of fused-ring (bicyclic) bond motifs is 3. The fourth-order valence-electron chi connectivity index (χ4n) is 4.25. The summed E-state index contributed by atoms with van der Waals surface area (Å²) in [5.41, 5.74) is 2.70. The highest BCUT2D eigenvalue weighted by Crippen LogP contribution is 2.49. The number of carbonyl (C=O) groups is 1. The summed E-state index contributed by atoms with van der Waals surface area (Å²) in [6, 6.07) is 1.62. The molecule has 2 aliphatic rings. The summed E-state index contributed by atoms with van der Waals surface area (Å²) in [7, 11) is 0. The molecule has 0 bridgehead atoms. The van der Waals surface area contributed by atoms with Crippen LogP contribution in [0.1, 0.15) is 66.1 Å². The van der Waals surface area contributed by atoms with Crippen molar-refractivity contribution < 1.29 is 15.0 Å². The lowest BCUT2D eigenvalue weighted by Gasteiger charge is -2.36. The van der Waals surface area contributed by atoms with E-state index in [1.54, 1.807) is 17.4 Å². The van der Waals surface area contributed by atoms with Gasteiger partial charge in [-0.15, -0.1) is 11.3 Å². The molecule has 2 aromatic rings. The zero-order chi connectivity index (χ0) is 21.1. The van der Waals surface area contributed by atoms with Gasteiger partial charge in [-0.1, -0.05) is 27.2 Å². The van der Waals surface area contributed by atoms with Gasteiger partial charge in [0.1, 0.15) is 27.1 Å². The van der Waals surface area contributed by atoms with Gasteiger partial charge in [-0.2, -0.15) is 0 Å². The van der Waals surface area contributed by atoms with Gasteiger partial charge in [0.25, 0.3) is 5.91 Å². The fourth-order valence-corrected chi connectivity index (χ4v) is 6.75. The van der Waals surface area contributed by atoms with E-state index in [1.807, 2.05) is 0 Å². The molecule has 0 spiro atoms. The predicted octanol–water partition coefficient (Wildman–Crippen LogP) is 6.08. The third-order valence-corrected chi connectivity index (χ3v) is 9.11. The second kappa shape index (κ2) is 7.46. The molecule has 8 heteroatoms. The minimum Gasteiger partial charge on any atom is -0.506 e. The maximum atomic E-state index is 13.0. The van der Waals surface area contributed by atoms with E-state index in [4.69, 9.17) is 0 Å². The first-order chi connectivity index (χ1) is 13.6. The number of hydrogen-bond acceptors (Lipinski definition) is 5. The molecular formula is C21H24Br2N2O3S. The average Bonchev–Trinajstić information content (AvgIpc) is 3.07. The summed E-state index contributed by atoms with van der Waals surface area (Å²) in [6.45, 7) is 6.91. The summed E-state index contributed by atoms with van der Waals surface area (Å²) < 4.78 is 0.632. The average molecular weight is 544 g/mol. The van der Waals surface area contributed by atoms with Crippen LogP contribution in [0.5, 0.6) is 11.5 Å². The van der Waals surface area contributed by atoms with Crippen LogP contribution in [0.3, 0.4) is 0 Å². The second-order valence-electron chi connectivity index (χ2n) is 8.50. The van der Waals surface area contributed by atoms with Crippen molar-refractivity contribution >= 4 is 54.1 Å². The molecule has 156 valence electrons. The summed E-state index contributed by atoms with van der Waals surface area (Å²) in [6.07, 6.45) is 3.60. The Hall–Kier alpha value is -1.25. The molecule has 0 fully saturated rings. The van der Waals surface area contributed by atoms with Crippen LogP contribution >= 0.6 is 43.2 Å². The highest BCUT2D eigenvalue weighted by molar-refractivity contribution is 9.11. The SMILES string of the molecule is CCC(C)(C)[C@H]1CCc2c(sc3c2C(=O)N[C@H](c2cc(Br)c(O)c(Br)c2O)N3)C1. The number of phenols is 2. The number of carbonyl (C=O) groups excluding carboxylic acids is 1. The monoisotopic (exact) mass is 542 g/mol. The Bertz CT molecular complexity index is 1000. The van der Waals surface area contributed by atoms with E-state index in [0.717, 1.165) is 36.2 Å². The van der Waals surface area contributed by atoms with Gasteiger partial charge >= 0.3 is 0 Å². The van der Waals surface area contributed by atoms with E-state index < -0.39 is 6.17 Å². The lowest BCUT2D eigenvalue weighted by molar-refractivity contribution is 0.0934. The van der Waals surface area contributed by atoms with Gasteiger partial charge in [-0.25, -0.2) is 0 Å². The second-order valence-corrected chi connectivity index (χ2v) is 11.3. The molecule has 2 heterocycles. The van der Waals surface area contributed by atoms with Gasteiger partial charge in [0.2, 0.25) is 0 Å². The van der Waals surface area contributed by atoms with Crippen LogP contribution in [-0.2, 0) is 12.8 Å². The molecule has 0 saturated heterocycles. The van der Waals surface area contributed by atoms with Crippen LogP contribution in [0.2, 0.25) is 0 Å². The minimum atomic E-state index is -0.578. The molecule has 4 N–H and O–H groups in total. The number of rotatable bonds is 3. The molecule has 0 unspecified atom stereocenters. The molecule has 0 saturated carbocycles. The minimum absolute atomic E-state index is 0.0785. The van der Waals surface area contributed by atoms with Crippen molar-refractivity contribution in [1.82, 2.24) is 5.32 Å². The number of aromatic hydroxyl groups is 2. The van der Waals surface area contributed by atoms with Gasteiger partial charge in [0.05, 0.1) is 10.0 Å². The van der Waals surface area contributed by atoms with Gasteiger partial charge in [0, 0.05) is 10.4 Å². The van der Waals surface area contributed by atoms with Crippen molar-refractivity contribution in [2.75, 3.05) is 5.32 Å². The number of nitrogens with one attached hydrogen (secondary N) is 2. The van der Waals surface area contributed by atoms with Crippen molar-refractivity contribution in [3.63, 3.8) is 0 Å². The number of anilines is 1. The Morgan fingerprint density at radius 2 is 1.97 bits per heavy atom. The fraction of sp³-hybridized carbons (Fsp3) is 0.476. The maximum Gasteiger partial charge on any atom is 0.256 e. The van der Waals surface area contributed by atoms with Crippen molar-refractivity contribution in [1.29, 1.82) is 0 Å². The molecule has 1 amide bonds. The van der Waals surface area contributed by atoms with Crippen molar-refractivity contribution in [2.45, 2.75) is 52.6 Å². The van der Waals surface area contributed by atoms with Gasteiger partial charge < -0.3 is 20.8 Å². The predicted molar refractivity (Wildman–Crippen MR) is 123 cm³/mol. The summed E-state index contributed by atoms with van der Waals surface area (Å²) in [5.74, 6) is 0.324. The molecule has 5 nitrogen and oxygen atoms in total. The van der Waals surface area contributed by atoms with Crippen LogP contribution < -0.4 is 10.6 Å². The molecule has 1 aromatic carbocycles. The van der Waals surface area contributed by atoms with Crippen molar-refractivity contribution in [3.8, 4) is 11.5 Å². The lowest BCUT2D eigenvalue weighted by atomic mass is 9.69. The Morgan fingerprint density at radius 3 is 2.66 bits per heavy atom. The number of hydrogen-bond donors (Lipinski definition) is 4. The van der Waals surface area contributed by atoms with E-state index in [0.29, 0.717) is 16.0 Å². The number of amides is 1. The first-order valence-electron chi connectivity index (χ1n) is 9.75. The highest BCUT2D eigenvalue weighted by atomic mass is 79.9. The largest absolute Gasteiger partial charge is 0.506 e. The maximum absolute atomic E-state index is 13.0. The van der Waals surface area contributed by atoms with E-state index in [-0.39, 0.29) is 27.3 Å². The zero-order valence-electron chi connectivity index (χ0n) is 16.5. The summed E-state index contributed by atoms with van der Waals surface area (Å²) >= 11 is 8.16. The summed E-state index contributed by atoms with van der Waals surface area (Å²) in [4.78, 5) is 14.3. The number of halogens is 2. The first-order valence-corrected chi connectivity index (χ1v) is 12.2. The smallest absolute Gasteiger partial charge is 0.256 e. The van der Waals surface area contributed by atoms with E-state index >= 15 is 0 Å². The first kappa shape index (κ1) is 21.0. The number of thiophene rings is 1. The van der Waals surface area contributed by atoms with Gasteiger partial charge in [-0.05, 0) is 74.1 Å². The van der Waals surface area contributed by atoms with Crippen LogP contribution in [0.4, 0.5) is 5.00 Å². The van der Waals surface area contributed by atoms with Crippen LogP contribution in [-0.4, -0.2) is 16.1 Å². The molecule has 4 rings (SSSR count). The molecule has 1 aliphatic carbocycles. The zero-order valence-corrected chi connectivity index (χ0v) is 20.5. The van der Waals surface area contributed by atoms with Crippen LogP contribution in [0, 0.1) is 11.3 Å². The van der Waals surface area contributed by atoms with E-state index in [9.17, 15) is 15.0 Å². The van der Waals surface area contributed by atoms with Crippen molar-refractivity contribution in [3.05, 3.63) is 36.6 Å². The molecule has 1 aromatic heterocycles. The molecule has 0 radical (unpaired) electrons. The summed E-state index contributed by atoms with van der Waals surface area (Å²) in [5, 5.41) is 27.7. The Kier molecular flexibility index (Phi) is 5.40. The molecule has 1 aliphatic heterocycles. The highest BCUT2D eigenvalue weighted by Gasteiger charge is 2.38. The Labute approximate surface area is 191 Å². The molecular weight excluding hydrogens is 520 g/mol. The number of benzene rings is 1. The topological polar surface area (TPSA) is 81.6 Å². The van der Waals surface area contributed by atoms with Gasteiger partial charge in [0.15, 0.2) is 0 Å².